The summed E-state index contributed by atoms with van der Waals surface area (Å²) in [4.78, 5) is 0. The lowest BCUT2D eigenvalue weighted by Gasteiger charge is -2.05. The average Bonchev–Trinajstić information content (AvgIpc) is 3.33. The molecule has 0 amide bonds. The van der Waals surface area contributed by atoms with Crippen molar-refractivity contribution in [1.29, 1.82) is 0 Å². The molecule has 0 saturated heterocycles. The third-order valence-electron chi connectivity index (χ3n) is 5.68. The van der Waals surface area contributed by atoms with Crippen LogP contribution in [0.2, 0.25) is 0 Å². The Hall–Kier alpha value is -2.26. The monoisotopic (exact) mass is 488 g/mol. The summed E-state index contributed by atoms with van der Waals surface area (Å²) in [5.41, 5.74) is 5.97. The molecule has 1 N–H and O–H groups in total. The van der Waals surface area contributed by atoms with Crippen LogP contribution in [0.25, 0.3) is 32.5 Å². The van der Waals surface area contributed by atoms with Crippen molar-refractivity contribution in [2.45, 2.75) is 33.7 Å². The summed E-state index contributed by atoms with van der Waals surface area (Å²) in [6, 6.07) is 8.48. The maximum absolute atomic E-state index is 11.3. The minimum absolute atomic E-state index is 0.263. The summed E-state index contributed by atoms with van der Waals surface area (Å²) in [5, 5.41) is 4.11. The van der Waals surface area contributed by atoms with E-state index in [1.165, 1.54) is 16.7 Å². The number of thiophene rings is 1. The predicted molar refractivity (Wildman–Crippen MR) is 135 cm³/mol. The molecule has 0 aliphatic rings. The van der Waals surface area contributed by atoms with Gasteiger partial charge in [-0.05, 0) is 60.5 Å². The maximum atomic E-state index is 11.3. The van der Waals surface area contributed by atoms with E-state index < -0.39 is 10.1 Å². The van der Waals surface area contributed by atoms with Crippen LogP contribution >= 0.6 is 22.7 Å². The quantitative estimate of drug-likeness (QED) is 0.264. The molecule has 0 spiro atoms. The SMILES string of the molecule is COc1cc2sc(/C=C/c3cc(C)c(C)cc3C)[n+](CCCS(=O)(=O)O)c2c2sccc12. The molecule has 0 radical (unpaired) electrons. The van der Waals surface area contributed by atoms with E-state index in [1.54, 1.807) is 29.8 Å². The Morgan fingerprint density at radius 3 is 2.56 bits per heavy atom. The van der Waals surface area contributed by atoms with Crippen molar-refractivity contribution in [2.75, 3.05) is 12.9 Å². The summed E-state index contributed by atoms with van der Waals surface area (Å²) in [6.45, 7) is 6.83. The van der Waals surface area contributed by atoms with Gasteiger partial charge in [0.2, 0.25) is 5.52 Å². The van der Waals surface area contributed by atoms with Crippen LogP contribution in [-0.4, -0.2) is 25.8 Å². The Kier molecular flexibility index (Phi) is 6.40. The highest BCUT2D eigenvalue weighted by Crippen LogP contribution is 2.38. The molecular weight excluding hydrogens is 462 g/mol. The van der Waals surface area contributed by atoms with Crippen molar-refractivity contribution in [2.24, 2.45) is 0 Å². The molecule has 168 valence electrons. The predicted octanol–water partition coefficient (Wildman–Crippen LogP) is 5.79. The lowest BCUT2D eigenvalue weighted by molar-refractivity contribution is -0.667. The highest BCUT2D eigenvalue weighted by Gasteiger charge is 2.24. The molecule has 2 aromatic heterocycles. The topological polar surface area (TPSA) is 67.5 Å². The molecule has 8 heteroatoms. The Morgan fingerprint density at radius 1 is 1.09 bits per heavy atom. The molecule has 4 aromatic rings. The van der Waals surface area contributed by atoms with Crippen molar-refractivity contribution in [3.05, 3.63) is 56.9 Å². The first-order valence-corrected chi connectivity index (χ1v) is 13.6. The molecular formula is C24H26NO4S3+. The Balaban J connectivity index is 1.85. The standard InChI is InChI=1S/C24H25NO4S3/c1-15-12-17(3)18(13-16(15)2)6-7-22-25(9-5-11-32(26,27)28)23-21(31-22)14-20(29-4)19-8-10-30-24(19)23/h6-8,10,12-14H,5,9,11H2,1-4H3/p+1/b7-6+. The minimum Gasteiger partial charge on any atom is -0.496 e. The van der Waals surface area contributed by atoms with Crippen LogP contribution in [-0.2, 0) is 16.7 Å². The van der Waals surface area contributed by atoms with Crippen molar-refractivity contribution >= 4 is 65.2 Å². The van der Waals surface area contributed by atoms with Gasteiger partial charge in [0.15, 0.2) is 6.54 Å². The van der Waals surface area contributed by atoms with Crippen molar-refractivity contribution in [3.63, 3.8) is 0 Å². The summed E-state index contributed by atoms with van der Waals surface area (Å²) < 4.78 is 41.8. The van der Waals surface area contributed by atoms with Gasteiger partial charge in [-0.25, -0.2) is 0 Å². The number of fused-ring (bicyclic) bond motifs is 3. The van der Waals surface area contributed by atoms with Crippen LogP contribution in [0.4, 0.5) is 0 Å². The lowest BCUT2D eigenvalue weighted by atomic mass is 10.0. The summed E-state index contributed by atoms with van der Waals surface area (Å²) in [6.07, 6.45) is 4.55. The van der Waals surface area contributed by atoms with Gasteiger partial charge in [-0.3, -0.25) is 4.55 Å². The highest BCUT2D eigenvalue weighted by atomic mass is 32.2. The number of hydrogen-bond donors (Lipinski definition) is 1. The van der Waals surface area contributed by atoms with Gasteiger partial charge in [0.05, 0.1) is 12.9 Å². The fourth-order valence-electron chi connectivity index (χ4n) is 3.92. The summed E-state index contributed by atoms with van der Waals surface area (Å²) in [5.74, 6) is 0.571. The Bertz CT molecular complexity index is 1450. The number of aromatic nitrogens is 1. The molecule has 0 saturated carbocycles. The number of benzene rings is 2. The zero-order valence-corrected chi connectivity index (χ0v) is 21.0. The van der Waals surface area contributed by atoms with E-state index in [0.717, 1.165) is 36.6 Å². The molecule has 0 atom stereocenters. The van der Waals surface area contributed by atoms with E-state index in [1.807, 2.05) is 17.5 Å². The Labute approximate surface area is 196 Å². The van der Waals surface area contributed by atoms with Gasteiger partial charge >= 0.3 is 0 Å². The molecule has 4 rings (SSSR count). The number of rotatable bonds is 7. The molecule has 32 heavy (non-hydrogen) atoms. The smallest absolute Gasteiger partial charge is 0.265 e. The van der Waals surface area contributed by atoms with E-state index in [4.69, 9.17) is 4.74 Å². The van der Waals surface area contributed by atoms with Gasteiger partial charge in [0.25, 0.3) is 15.1 Å². The molecule has 0 bridgehead atoms. The van der Waals surface area contributed by atoms with Crippen molar-refractivity contribution in [1.82, 2.24) is 0 Å². The lowest BCUT2D eigenvalue weighted by Crippen LogP contribution is -2.36. The fraction of sp³-hybridized carbons (Fsp3) is 0.292. The molecule has 0 aliphatic heterocycles. The summed E-state index contributed by atoms with van der Waals surface area (Å²) in [7, 11) is -2.32. The number of hydrogen-bond acceptors (Lipinski definition) is 5. The van der Waals surface area contributed by atoms with Crippen LogP contribution in [0, 0.1) is 20.8 Å². The van der Waals surface area contributed by atoms with Crippen LogP contribution < -0.4 is 9.30 Å². The van der Waals surface area contributed by atoms with E-state index in [-0.39, 0.29) is 5.75 Å². The minimum atomic E-state index is -4.00. The second-order valence-electron chi connectivity index (χ2n) is 7.95. The van der Waals surface area contributed by atoms with Crippen molar-refractivity contribution in [3.8, 4) is 5.75 Å². The second kappa shape index (κ2) is 8.94. The third kappa shape index (κ3) is 4.59. The van der Waals surface area contributed by atoms with Crippen molar-refractivity contribution < 1.29 is 22.3 Å². The molecule has 2 heterocycles. The normalized spacial score (nSPS) is 12.4. The molecule has 0 unspecified atom stereocenters. The number of aryl methyl sites for hydroxylation is 4. The van der Waals surface area contributed by atoms with E-state index in [0.29, 0.717) is 13.0 Å². The maximum Gasteiger partial charge on any atom is 0.265 e. The van der Waals surface area contributed by atoms with Gasteiger partial charge in [-0.1, -0.05) is 23.5 Å². The van der Waals surface area contributed by atoms with Crippen LogP contribution in [0.1, 0.15) is 33.7 Å². The zero-order valence-electron chi connectivity index (χ0n) is 18.5. The van der Waals surface area contributed by atoms with E-state index >= 15 is 0 Å². The van der Waals surface area contributed by atoms with Crippen LogP contribution in [0.3, 0.4) is 0 Å². The summed E-state index contributed by atoms with van der Waals surface area (Å²) >= 11 is 3.30. The first kappa shape index (κ1) is 22.9. The second-order valence-corrected chi connectivity index (χ2v) is 11.5. The van der Waals surface area contributed by atoms with Crippen LogP contribution in [0.5, 0.6) is 5.75 Å². The zero-order chi connectivity index (χ0) is 23.0. The van der Waals surface area contributed by atoms with Gasteiger partial charge < -0.3 is 4.74 Å². The first-order chi connectivity index (χ1) is 15.2. The molecule has 0 aliphatic carbocycles. The third-order valence-corrected chi connectivity index (χ3v) is 8.51. The van der Waals surface area contributed by atoms with E-state index in [9.17, 15) is 13.0 Å². The molecule has 0 fully saturated rings. The number of nitrogens with zero attached hydrogens (tertiary/aromatic N) is 1. The number of methoxy groups -OCH3 is 1. The number of thiazole rings is 1. The molecule has 5 nitrogen and oxygen atoms in total. The van der Waals surface area contributed by atoms with Gasteiger partial charge in [-0.2, -0.15) is 13.0 Å². The number of ether oxygens (including phenoxy) is 1. The van der Waals surface area contributed by atoms with Gasteiger partial charge in [0.1, 0.15) is 15.1 Å². The largest absolute Gasteiger partial charge is 0.496 e. The highest BCUT2D eigenvalue weighted by molar-refractivity contribution is 7.85. The van der Waals surface area contributed by atoms with Crippen LogP contribution in [0.15, 0.2) is 29.6 Å². The van der Waals surface area contributed by atoms with Gasteiger partial charge in [-0.15, -0.1) is 11.3 Å². The van der Waals surface area contributed by atoms with E-state index in [2.05, 4.69) is 49.6 Å². The fourth-order valence-corrected chi connectivity index (χ4v) is 6.57. The average molecular weight is 489 g/mol. The Morgan fingerprint density at radius 2 is 1.84 bits per heavy atom. The first-order valence-electron chi connectivity index (χ1n) is 10.3. The molecule has 2 aromatic carbocycles. The van der Waals surface area contributed by atoms with Gasteiger partial charge in [0, 0.05) is 23.9 Å².